The Morgan fingerprint density at radius 2 is 1.82 bits per heavy atom. The van der Waals surface area contributed by atoms with Crippen LogP contribution in [0.25, 0.3) is 16.6 Å². The minimum Gasteiger partial charge on any atom is -0.398 e. The number of unbranched alkanes of at least 4 members (excludes halogenated alkanes) is 1. The second-order valence-corrected chi connectivity index (χ2v) is 7.57. The molecule has 0 aliphatic rings. The van der Waals surface area contributed by atoms with Gasteiger partial charge in [-0.3, -0.25) is 0 Å². The summed E-state index contributed by atoms with van der Waals surface area (Å²) in [5, 5.41) is 5.88. The summed E-state index contributed by atoms with van der Waals surface area (Å²) in [5.41, 5.74) is 16.7. The fourth-order valence-corrected chi connectivity index (χ4v) is 3.56. The maximum absolute atomic E-state index is 6.17. The first-order valence-corrected chi connectivity index (χ1v) is 10.1. The van der Waals surface area contributed by atoms with Crippen molar-refractivity contribution in [3.63, 3.8) is 0 Å². The number of anilines is 2. The number of nitrogens with two attached hydrogens (primary N) is 2. The molecule has 0 saturated heterocycles. The van der Waals surface area contributed by atoms with E-state index in [4.69, 9.17) is 34.7 Å². The fourth-order valence-electron chi connectivity index (χ4n) is 3.22. The number of rotatable bonds is 7. The molecule has 1 heterocycles. The Bertz CT molecular complexity index is 1010. The molecule has 1 aromatic heterocycles. The summed E-state index contributed by atoms with van der Waals surface area (Å²) in [5.74, 6) is 0. The SMILES string of the molecule is C/C=C(/N)c1ccc(Cl)cc1NCCCC[n+]1ccc(N)c2ccc(Cl)cc21. The van der Waals surface area contributed by atoms with Gasteiger partial charge in [0.25, 0.3) is 0 Å². The van der Waals surface area contributed by atoms with Gasteiger partial charge in [0.05, 0.1) is 11.1 Å². The number of nitrogen functional groups attached to an aromatic ring is 1. The number of aryl methyl sites for hydroxylation is 1. The normalized spacial score (nSPS) is 11.8. The van der Waals surface area contributed by atoms with Gasteiger partial charge in [-0.15, -0.1) is 0 Å². The molecule has 0 fully saturated rings. The number of hydrogen-bond acceptors (Lipinski definition) is 3. The number of halogens is 2. The second kappa shape index (κ2) is 9.18. The molecule has 0 radical (unpaired) electrons. The maximum Gasteiger partial charge on any atom is 0.216 e. The Morgan fingerprint density at radius 3 is 2.61 bits per heavy atom. The molecule has 0 spiro atoms. The molecular weight excluding hydrogens is 391 g/mol. The first kappa shape index (κ1) is 20.3. The number of fused-ring (bicyclic) bond motifs is 1. The van der Waals surface area contributed by atoms with Gasteiger partial charge in [0.15, 0.2) is 6.20 Å². The molecule has 0 aliphatic heterocycles. The molecule has 4 nitrogen and oxygen atoms in total. The lowest BCUT2D eigenvalue weighted by Crippen LogP contribution is -2.34. The van der Waals surface area contributed by atoms with Gasteiger partial charge in [-0.1, -0.05) is 29.3 Å². The number of allylic oxidation sites excluding steroid dienone is 1. The van der Waals surface area contributed by atoms with Crippen molar-refractivity contribution in [2.45, 2.75) is 26.3 Å². The maximum atomic E-state index is 6.17. The van der Waals surface area contributed by atoms with Crippen molar-refractivity contribution in [1.82, 2.24) is 0 Å². The van der Waals surface area contributed by atoms with Crippen molar-refractivity contribution in [2.24, 2.45) is 5.73 Å². The number of benzene rings is 2. The van der Waals surface area contributed by atoms with Gasteiger partial charge < -0.3 is 16.8 Å². The van der Waals surface area contributed by atoms with Crippen LogP contribution in [0, 0.1) is 0 Å². The molecule has 0 bridgehead atoms. The number of nitrogens with one attached hydrogen (secondary N) is 1. The third-order valence-electron chi connectivity index (χ3n) is 4.76. The highest BCUT2D eigenvalue weighted by molar-refractivity contribution is 6.31. The van der Waals surface area contributed by atoms with Crippen molar-refractivity contribution < 1.29 is 4.57 Å². The molecule has 0 amide bonds. The van der Waals surface area contributed by atoms with Crippen LogP contribution in [0.15, 0.2) is 54.7 Å². The van der Waals surface area contributed by atoms with E-state index in [0.29, 0.717) is 10.0 Å². The van der Waals surface area contributed by atoms with Crippen LogP contribution >= 0.6 is 23.2 Å². The minimum atomic E-state index is 0.691. The highest BCUT2D eigenvalue weighted by atomic mass is 35.5. The van der Waals surface area contributed by atoms with Crippen LogP contribution in [-0.2, 0) is 6.54 Å². The van der Waals surface area contributed by atoms with Gasteiger partial charge in [-0.05, 0) is 43.7 Å². The largest absolute Gasteiger partial charge is 0.398 e. The minimum absolute atomic E-state index is 0.691. The average molecular weight is 416 g/mol. The van der Waals surface area contributed by atoms with Crippen molar-refractivity contribution in [3.8, 4) is 0 Å². The van der Waals surface area contributed by atoms with Gasteiger partial charge in [0.1, 0.15) is 6.54 Å². The summed E-state index contributed by atoms with van der Waals surface area (Å²) in [4.78, 5) is 0. The molecule has 6 heteroatoms. The third kappa shape index (κ3) is 4.70. The molecule has 2 aromatic carbocycles. The molecular formula is C22H25Cl2N4+. The summed E-state index contributed by atoms with van der Waals surface area (Å²) < 4.78 is 2.19. The van der Waals surface area contributed by atoms with Gasteiger partial charge >= 0.3 is 0 Å². The van der Waals surface area contributed by atoms with Gasteiger partial charge in [0.2, 0.25) is 5.52 Å². The molecule has 3 aromatic rings. The first-order valence-electron chi connectivity index (χ1n) is 9.32. The highest BCUT2D eigenvalue weighted by Crippen LogP contribution is 2.25. The van der Waals surface area contributed by atoms with Crippen LogP contribution in [0.5, 0.6) is 0 Å². The number of nitrogens with zero attached hydrogens (tertiary/aromatic N) is 1. The topological polar surface area (TPSA) is 68.0 Å². The Balaban J connectivity index is 1.62. The lowest BCUT2D eigenvalue weighted by Gasteiger charge is -2.12. The summed E-state index contributed by atoms with van der Waals surface area (Å²) in [6.45, 7) is 3.64. The van der Waals surface area contributed by atoms with Crippen LogP contribution in [0.1, 0.15) is 25.3 Å². The van der Waals surface area contributed by atoms with Crippen molar-refractivity contribution in [3.05, 3.63) is 70.3 Å². The van der Waals surface area contributed by atoms with E-state index in [0.717, 1.165) is 59.5 Å². The van der Waals surface area contributed by atoms with E-state index in [1.54, 1.807) is 0 Å². The number of hydrogen-bond donors (Lipinski definition) is 3. The molecule has 0 aliphatic carbocycles. The van der Waals surface area contributed by atoms with E-state index in [1.807, 2.05) is 61.7 Å². The smallest absolute Gasteiger partial charge is 0.216 e. The zero-order chi connectivity index (χ0) is 20.1. The molecule has 0 unspecified atom stereocenters. The quantitative estimate of drug-likeness (QED) is 0.365. The summed E-state index contributed by atoms with van der Waals surface area (Å²) >= 11 is 12.3. The molecule has 28 heavy (non-hydrogen) atoms. The standard InChI is InChI=1S/C22H24Cl2N4/c1-2-19(25)17-7-5-15(23)13-21(17)27-10-3-4-11-28-12-9-20(26)18-8-6-16(24)14-22(18)28/h2,5-9,12-14,26-27H,3-4,10-11,25H2,1H3/p+1/b19-2+. The van der Waals surface area contributed by atoms with Crippen LogP contribution in [0.2, 0.25) is 10.0 Å². The van der Waals surface area contributed by atoms with E-state index in [1.165, 1.54) is 0 Å². The molecule has 146 valence electrons. The Morgan fingerprint density at radius 1 is 1.07 bits per heavy atom. The highest BCUT2D eigenvalue weighted by Gasteiger charge is 2.12. The monoisotopic (exact) mass is 415 g/mol. The number of pyridine rings is 1. The predicted molar refractivity (Wildman–Crippen MR) is 121 cm³/mol. The molecule has 3 rings (SSSR count). The molecule has 5 N–H and O–H groups in total. The van der Waals surface area contributed by atoms with Crippen LogP contribution in [0.3, 0.4) is 0 Å². The molecule has 0 atom stereocenters. The van der Waals surface area contributed by atoms with Crippen molar-refractivity contribution in [1.29, 1.82) is 0 Å². The van der Waals surface area contributed by atoms with Gasteiger partial charge in [-0.25, -0.2) is 0 Å². The van der Waals surface area contributed by atoms with Crippen molar-refractivity contribution in [2.75, 3.05) is 17.6 Å². The summed E-state index contributed by atoms with van der Waals surface area (Å²) in [6.07, 6.45) is 5.92. The van der Waals surface area contributed by atoms with Crippen molar-refractivity contribution >= 4 is 51.2 Å². The van der Waals surface area contributed by atoms with Gasteiger partial charge in [-0.2, -0.15) is 4.57 Å². The third-order valence-corrected chi connectivity index (χ3v) is 5.23. The Labute approximate surface area is 175 Å². The van der Waals surface area contributed by atoms with E-state index in [-0.39, 0.29) is 0 Å². The number of aromatic nitrogens is 1. The first-order chi connectivity index (χ1) is 13.5. The van der Waals surface area contributed by atoms with E-state index in [2.05, 4.69) is 9.88 Å². The summed E-state index contributed by atoms with van der Waals surface area (Å²) in [7, 11) is 0. The predicted octanol–water partition coefficient (Wildman–Crippen LogP) is 5.23. The lowest BCUT2D eigenvalue weighted by molar-refractivity contribution is -0.671. The fraction of sp³-hybridized carbons (Fsp3) is 0.227. The zero-order valence-corrected chi connectivity index (χ0v) is 17.4. The zero-order valence-electron chi connectivity index (χ0n) is 15.9. The van der Waals surface area contributed by atoms with Crippen LogP contribution in [-0.4, -0.2) is 6.54 Å². The van der Waals surface area contributed by atoms with Crippen LogP contribution < -0.4 is 21.4 Å². The van der Waals surface area contributed by atoms with E-state index >= 15 is 0 Å². The van der Waals surface area contributed by atoms with E-state index < -0.39 is 0 Å². The van der Waals surface area contributed by atoms with Crippen LogP contribution in [0.4, 0.5) is 11.4 Å². The Kier molecular flexibility index (Phi) is 6.65. The van der Waals surface area contributed by atoms with E-state index in [9.17, 15) is 0 Å². The Hall–Kier alpha value is -2.43. The summed E-state index contributed by atoms with van der Waals surface area (Å²) in [6, 6.07) is 13.4. The lowest BCUT2D eigenvalue weighted by atomic mass is 10.1. The van der Waals surface area contributed by atoms with Gasteiger partial charge in [0, 0.05) is 52.1 Å². The average Bonchev–Trinajstić information content (AvgIpc) is 2.68. The molecule has 0 saturated carbocycles. The second-order valence-electron chi connectivity index (χ2n) is 6.69.